The van der Waals surface area contributed by atoms with Gasteiger partial charge in [0.15, 0.2) is 0 Å². The molecule has 392 valence electrons. The van der Waals surface area contributed by atoms with Gasteiger partial charge in [-0.15, -0.1) is 0 Å². The quantitative estimate of drug-likeness (QED) is 0.122. The summed E-state index contributed by atoms with van der Waals surface area (Å²) < 4.78 is 0. The van der Waals surface area contributed by atoms with E-state index in [9.17, 15) is 0 Å². The van der Waals surface area contributed by atoms with E-state index in [1.54, 1.807) is 46.7 Å². The average molecular weight is 1250 g/mol. The molecule has 0 aliphatic heterocycles. The van der Waals surface area contributed by atoms with E-state index in [-0.39, 0.29) is 35.7 Å². The second-order valence-corrected chi connectivity index (χ2v) is 39.4. The van der Waals surface area contributed by atoms with Crippen LogP contribution < -0.4 is 24.8 Å². The summed E-state index contributed by atoms with van der Waals surface area (Å²) in [4.78, 5) is 0. The molecule has 0 amide bonds. The van der Waals surface area contributed by atoms with Crippen LogP contribution in [0.3, 0.4) is 0 Å². The molecule has 0 N–H and O–H groups in total. The molecule has 0 bridgehead atoms. The van der Waals surface area contributed by atoms with Gasteiger partial charge < -0.3 is 24.8 Å². The number of hydrogen-bond donors (Lipinski definition) is 0. The van der Waals surface area contributed by atoms with Crippen molar-refractivity contribution in [2.45, 2.75) is 81.6 Å². The molecule has 0 aromatic heterocycles. The molecule has 0 fully saturated rings. The van der Waals surface area contributed by atoms with E-state index in [1.807, 2.05) is 0 Å². The van der Waals surface area contributed by atoms with E-state index >= 15 is 0 Å². The van der Waals surface area contributed by atoms with Crippen LogP contribution in [-0.2, 0) is 46.7 Å². The van der Waals surface area contributed by atoms with E-state index in [4.69, 9.17) is 0 Å². The number of allylic oxidation sites excluding steroid dienone is 16. The first-order chi connectivity index (χ1) is 36.5. The molecule has 4 aliphatic carbocycles. The van der Waals surface area contributed by atoms with Crippen LogP contribution in [0.2, 0.25) is 26.2 Å². The van der Waals surface area contributed by atoms with Crippen LogP contribution >= 0.6 is 0 Å². The smallest absolute Gasteiger partial charge is 1.00 e. The van der Waals surface area contributed by atoms with Crippen LogP contribution in [0.5, 0.6) is 0 Å². The summed E-state index contributed by atoms with van der Waals surface area (Å²) in [6, 6.07) is 60.3. The number of hydrogen-bond acceptors (Lipinski definition) is 0. The topological polar surface area (TPSA) is 0 Å². The summed E-state index contributed by atoms with van der Waals surface area (Å²) >= 11 is 3.48. The molecule has 8 aromatic carbocycles. The molecular weight excluding hydrogens is 1170 g/mol. The van der Waals surface area contributed by atoms with Crippen molar-refractivity contribution in [2.75, 3.05) is 0 Å². The number of benzene rings is 8. The number of halogens is 2. The SMILES string of the molecule is CC1=[C-]C(C)C=C1c1cccc2ccccc12.CC1=[C-]C(C)C=C1c1cccc2ccccc12.CC1=[C-]C(C)C=C1c1cccc2ccccc12.CC1=[C-]C(C)C=C1c1cccc2ccccc12.C[Si](C)=[Zr+2].C[Si](C)=[Zr+2].[Cl-].[Cl-]. The second kappa shape index (κ2) is 30.9. The van der Waals surface area contributed by atoms with Crippen molar-refractivity contribution in [2.24, 2.45) is 23.7 Å². The Balaban J connectivity index is 0.000000181. The maximum Gasteiger partial charge on any atom is -1.00 e. The van der Waals surface area contributed by atoms with Gasteiger partial charge in [0.25, 0.3) is 0 Å². The molecule has 12 rings (SSSR count). The van der Waals surface area contributed by atoms with E-state index in [2.05, 4.69) is 300 Å². The molecule has 0 spiro atoms. The standard InChI is InChI=1S/4C17H15.2C2H6Si.2ClH.2Zr/c4*1-12-10-13(2)17(11-12)16-9-5-7-14-6-3-4-8-15(14)16;2*1-3-2;;;;/h4*3-9,11-12H,1-2H3;2*1-2H3;2*1H;;/q4*-1;;;;;2*+2/p-2. The van der Waals surface area contributed by atoms with Gasteiger partial charge in [0.2, 0.25) is 0 Å². The molecule has 8 aromatic rings. The molecule has 4 atom stereocenters. The van der Waals surface area contributed by atoms with Crippen LogP contribution in [0.25, 0.3) is 65.4 Å². The normalized spacial score (nSPS) is 17.5. The molecule has 4 aliphatic rings. The van der Waals surface area contributed by atoms with Crippen molar-refractivity contribution in [3.8, 4) is 0 Å². The Morgan fingerprint density at radius 3 is 0.628 bits per heavy atom. The Bertz CT molecular complexity index is 3190. The van der Waals surface area contributed by atoms with Crippen LogP contribution in [-0.4, -0.2) is 10.9 Å². The molecule has 0 nitrogen and oxygen atoms in total. The van der Waals surface area contributed by atoms with Crippen molar-refractivity contribution in [3.63, 3.8) is 0 Å². The fourth-order valence-corrected chi connectivity index (χ4v) is 10.4. The van der Waals surface area contributed by atoms with Crippen molar-refractivity contribution in [3.05, 3.63) is 263 Å². The Kier molecular flexibility index (Phi) is 25.5. The maximum atomic E-state index is 3.45. The van der Waals surface area contributed by atoms with Crippen molar-refractivity contribution in [1.29, 1.82) is 0 Å². The van der Waals surface area contributed by atoms with E-state index in [1.165, 1.54) is 110 Å². The van der Waals surface area contributed by atoms with Gasteiger partial charge in [-0.25, -0.2) is 22.3 Å². The fourth-order valence-electron chi connectivity index (χ4n) is 10.4. The van der Waals surface area contributed by atoms with Crippen molar-refractivity contribution >= 4 is 76.2 Å². The molecular formula is C72H72Cl2Si2Zr2-2. The average Bonchev–Trinajstić information content (AvgIpc) is 4.15. The minimum Gasteiger partial charge on any atom is -1.00 e. The Labute approximate surface area is 511 Å². The zero-order valence-corrected chi connectivity index (χ0v) is 56.0. The Hall–Kier alpha value is -4.50. The first-order valence-corrected chi connectivity index (χ1v) is 39.1. The van der Waals surface area contributed by atoms with Gasteiger partial charge in [0.05, 0.1) is 0 Å². The van der Waals surface area contributed by atoms with Crippen molar-refractivity contribution < 1.29 is 71.5 Å². The summed E-state index contributed by atoms with van der Waals surface area (Å²) in [6.45, 7) is 26.6. The van der Waals surface area contributed by atoms with Gasteiger partial charge in [-0.05, 0) is 43.1 Å². The fraction of sp³-hybridized carbons (Fsp3) is 0.222. The van der Waals surface area contributed by atoms with Crippen LogP contribution in [0, 0.1) is 48.0 Å². The molecule has 0 heterocycles. The summed E-state index contributed by atoms with van der Waals surface area (Å²) in [5.74, 6) is 1.74. The molecule has 0 saturated carbocycles. The second-order valence-electron chi connectivity index (χ2n) is 20.7. The predicted octanol–water partition coefficient (Wildman–Crippen LogP) is 14.1. The monoisotopic (exact) mass is 1240 g/mol. The van der Waals surface area contributed by atoms with Gasteiger partial charge in [-0.2, -0.15) is 46.6 Å². The van der Waals surface area contributed by atoms with E-state index < -0.39 is 0 Å². The summed E-state index contributed by atoms with van der Waals surface area (Å²) in [7, 11) is 0. The molecule has 78 heavy (non-hydrogen) atoms. The third-order valence-electron chi connectivity index (χ3n) is 13.4. The largest absolute Gasteiger partial charge is 1.00 e. The molecule has 0 radical (unpaired) electrons. The van der Waals surface area contributed by atoms with Crippen LogP contribution in [0.1, 0.15) is 77.6 Å². The minimum absolute atomic E-state index is 0. The number of fused-ring (bicyclic) bond motifs is 4. The van der Waals surface area contributed by atoms with Crippen molar-refractivity contribution in [1.82, 2.24) is 0 Å². The third kappa shape index (κ3) is 17.3. The van der Waals surface area contributed by atoms with Gasteiger partial charge in [0, 0.05) is 0 Å². The van der Waals surface area contributed by atoms with Gasteiger partial charge >= 0.3 is 83.7 Å². The van der Waals surface area contributed by atoms with Crippen LogP contribution in [0.15, 0.2) is 216 Å². The molecule has 6 heteroatoms. The first-order valence-electron chi connectivity index (χ1n) is 26.7. The van der Waals surface area contributed by atoms with Crippen LogP contribution in [0.4, 0.5) is 0 Å². The predicted molar refractivity (Wildman–Crippen MR) is 329 cm³/mol. The van der Waals surface area contributed by atoms with Gasteiger partial charge in [-0.1, -0.05) is 271 Å². The first kappa shape index (κ1) is 64.3. The molecule has 4 unspecified atom stereocenters. The van der Waals surface area contributed by atoms with E-state index in [0.717, 1.165) is 0 Å². The van der Waals surface area contributed by atoms with E-state index in [0.29, 0.717) is 23.7 Å². The zero-order valence-electron chi connectivity index (χ0n) is 47.5. The maximum absolute atomic E-state index is 3.45. The summed E-state index contributed by atoms with van der Waals surface area (Å²) in [6.07, 6.45) is 23.0. The summed E-state index contributed by atoms with van der Waals surface area (Å²) in [5, 5.41) is 10.5. The molecule has 0 saturated heterocycles. The van der Waals surface area contributed by atoms with Gasteiger partial charge in [0.1, 0.15) is 0 Å². The van der Waals surface area contributed by atoms with Gasteiger partial charge in [-0.3, -0.25) is 24.3 Å². The third-order valence-corrected chi connectivity index (χ3v) is 13.4. The zero-order chi connectivity index (χ0) is 54.5. The Morgan fingerprint density at radius 2 is 0.462 bits per heavy atom. The minimum atomic E-state index is 0. The summed E-state index contributed by atoms with van der Waals surface area (Å²) in [5.41, 5.74) is 16.2. The number of rotatable bonds is 4. The Morgan fingerprint density at radius 1 is 0.295 bits per heavy atom.